The molecule has 0 fully saturated rings. The second kappa shape index (κ2) is 5.69. The fourth-order valence-corrected chi connectivity index (χ4v) is 1.65. The summed E-state index contributed by atoms with van der Waals surface area (Å²) in [6.07, 6.45) is 0.288. The summed E-state index contributed by atoms with van der Waals surface area (Å²) in [7, 11) is 1.52. The molecule has 6 nitrogen and oxygen atoms in total. The number of hydrogen-bond acceptors (Lipinski definition) is 3. The van der Waals surface area contributed by atoms with Crippen molar-refractivity contribution in [3.63, 3.8) is 0 Å². The molecule has 0 aromatic carbocycles. The molecule has 0 bridgehead atoms. The SMILES string of the molecule is Cn1c(C(=O)NC(C)(C)CCC(=O)O)cccc1=O. The maximum absolute atomic E-state index is 12.1. The van der Waals surface area contributed by atoms with Crippen molar-refractivity contribution in [3.05, 3.63) is 34.2 Å². The average Bonchev–Trinajstić information content (AvgIpc) is 2.29. The first-order valence-corrected chi connectivity index (χ1v) is 5.93. The van der Waals surface area contributed by atoms with E-state index in [0.29, 0.717) is 6.42 Å². The summed E-state index contributed by atoms with van der Waals surface area (Å²) >= 11 is 0. The van der Waals surface area contributed by atoms with Gasteiger partial charge in [0.15, 0.2) is 0 Å². The van der Waals surface area contributed by atoms with Crippen molar-refractivity contribution in [2.24, 2.45) is 7.05 Å². The van der Waals surface area contributed by atoms with Crippen molar-refractivity contribution in [1.82, 2.24) is 9.88 Å². The summed E-state index contributed by atoms with van der Waals surface area (Å²) in [6, 6.07) is 4.43. The van der Waals surface area contributed by atoms with Gasteiger partial charge < -0.3 is 15.0 Å². The molecule has 104 valence electrons. The Kier molecular flexibility index (Phi) is 4.47. The number of hydrogen-bond donors (Lipinski definition) is 2. The van der Waals surface area contributed by atoms with Crippen LogP contribution in [0, 0.1) is 0 Å². The number of carboxylic acids is 1. The summed E-state index contributed by atoms with van der Waals surface area (Å²) in [6.45, 7) is 3.49. The average molecular weight is 266 g/mol. The predicted molar refractivity (Wildman–Crippen MR) is 70.1 cm³/mol. The van der Waals surface area contributed by atoms with Crippen LogP contribution in [-0.2, 0) is 11.8 Å². The van der Waals surface area contributed by atoms with Gasteiger partial charge in [-0.15, -0.1) is 0 Å². The van der Waals surface area contributed by atoms with E-state index in [1.807, 2.05) is 0 Å². The molecule has 0 unspecified atom stereocenters. The monoisotopic (exact) mass is 266 g/mol. The highest BCUT2D eigenvalue weighted by Crippen LogP contribution is 2.12. The zero-order valence-electron chi connectivity index (χ0n) is 11.3. The van der Waals surface area contributed by atoms with Crippen LogP contribution in [-0.4, -0.2) is 27.1 Å². The second-order valence-electron chi connectivity index (χ2n) is 5.04. The van der Waals surface area contributed by atoms with E-state index < -0.39 is 17.4 Å². The van der Waals surface area contributed by atoms with Crippen molar-refractivity contribution >= 4 is 11.9 Å². The van der Waals surface area contributed by atoms with E-state index in [-0.39, 0.29) is 17.7 Å². The quantitative estimate of drug-likeness (QED) is 0.823. The molecule has 0 radical (unpaired) electrons. The fraction of sp³-hybridized carbons (Fsp3) is 0.462. The first kappa shape index (κ1) is 14.9. The van der Waals surface area contributed by atoms with Gasteiger partial charge in [0, 0.05) is 25.1 Å². The van der Waals surface area contributed by atoms with Crippen molar-refractivity contribution in [2.45, 2.75) is 32.2 Å². The number of amides is 1. The van der Waals surface area contributed by atoms with Crippen molar-refractivity contribution < 1.29 is 14.7 Å². The molecule has 1 aromatic heterocycles. The van der Waals surface area contributed by atoms with E-state index in [1.54, 1.807) is 19.9 Å². The van der Waals surface area contributed by atoms with Gasteiger partial charge in [-0.2, -0.15) is 0 Å². The molecule has 0 spiro atoms. The van der Waals surface area contributed by atoms with Crippen LogP contribution < -0.4 is 10.9 Å². The predicted octanol–water partition coefficient (Wildman–Crippen LogP) is 0.758. The van der Waals surface area contributed by atoms with Crippen LogP contribution in [0.15, 0.2) is 23.0 Å². The lowest BCUT2D eigenvalue weighted by molar-refractivity contribution is -0.137. The highest BCUT2D eigenvalue weighted by atomic mass is 16.4. The molecule has 1 aromatic rings. The molecule has 0 aliphatic carbocycles. The smallest absolute Gasteiger partial charge is 0.303 e. The number of aliphatic carboxylic acids is 1. The van der Waals surface area contributed by atoms with Crippen molar-refractivity contribution in [3.8, 4) is 0 Å². The van der Waals surface area contributed by atoms with Gasteiger partial charge in [0.1, 0.15) is 5.69 Å². The third-order valence-electron chi connectivity index (χ3n) is 2.83. The Morgan fingerprint density at radius 2 is 2.00 bits per heavy atom. The molecule has 6 heteroatoms. The minimum Gasteiger partial charge on any atom is -0.481 e. The molecule has 2 N–H and O–H groups in total. The molecule has 0 saturated carbocycles. The van der Waals surface area contributed by atoms with Crippen LogP contribution >= 0.6 is 0 Å². The van der Waals surface area contributed by atoms with Gasteiger partial charge in [-0.1, -0.05) is 6.07 Å². The van der Waals surface area contributed by atoms with Gasteiger partial charge in [0.25, 0.3) is 11.5 Å². The van der Waals surface area contributed by atoms with E-state index in [4.69, 9.17) is 5.11 Å². The molecule has 1 amide bonds. The molecule has 0 aliphatic heterocycles. The Morgan fingerprint density at radius 3 is 2.58 bits per heavy atom. The van der Waals surface area contributed by atoms with E-state index in [2.05, 4.69) is 5.32 Å². The number of aromatic nitrogens is 1. The molecule has 1 rings (SSSR count). The fourth-order valence-electron chi connectivity index (χ4n) is 1.65. The first-order chi connectivity index (χ1) is 8.73. The van der Waals surface area contributed by atoms with Crippen LogP contribution in [0.1, 0.15) is 37.2 Å². The third kappa shape index (κ3) is 4.24. The minimum atomic E-state index is -0.908. The summed E-state index contributed by atoms with van der Waals surface area (Å²) in [5, 5.41) is 11.4. The second-order valence-corrected chi connectivity index (χ2v) is 5.04. The van der Waals surface area contributed by atoms with Gasteiger partial charge >= 0.3 is 5.97 Å². The lowest BCUT2D eigenvalue weighted by atomic mass is 9.98. The molecule has 1 heterocycles. The number of nitrogens with one attached hydrogen (secondary N) is 1. The maximum Gasteiger partial charge on any atom is 0.303 e. The Balaban J connectivity index is 2.81. The number of pyridine rings is 1. The Labute approximate surface area is 111 Å². The zero-order valence-corrected chi connectivity index (χ0v) is 11.3. The van der Waals surface area contributed by atoms with Gasteiger partial charge in [0.05, 0.1) is 0 Å². The van der Waals surface area contributed by atoms with Gasteiger partial charge in [-0.25, -0.2) is 0 Å². The van der Waals surface area contributed by atoms with Crippen LogP contribution in [0.3, 0.4) is 0 Å². The number of nitrogens with zero attached hydrogens (tertiary/aromatic N) is 1. The molecule has 0 aliphatic rings. The van der Waals surface area contributed by atoms with Crippen molar-refractivity contribution in [2.75, 3.05) is 0 Å². The van der Waals surface area contributed by atoms with E-state index >= 15 is 0 Å². The van der Waals surface area contributed by atoms with E-state index in [1.165, 1.54) is 23.7 Å². The minimum absolute atomic E-state index is 0.0268. The van der Waals surface area contributed by atoms with Gasteiger partial charge in [0.2, 0.25) is 0 Å². The number of carboxylic acid groups (broad SMARTS) is 1. The zero-order chi connectivity index (χ0) is 14.6. The largest absolute Gasteiger partial charge is 0.481 e. The summed E-state index contributed by atoms with van der Waals surface area (Å²) < 4.78 is 1.25. The number of carbonyl (C=O) groups is 2. The highest BCUT2D eigenvalue weighted by molar-refractivity contribution is 5.93. The molecule has 19 heavy (non-hydrogen) atoms. The third-order valence-corrected chi connectivity index (χ3v) is 2.83. The lowest BCUT2D eigenvalue weighted by Crippen LogP contribution is -2.45. The topological polar surface area (TPSA) is 88.4 Å². The summed E-state index contributed by atoms with van der Waals surface area (Å²) in [5.74, 6) is -1.30. The van der Waals surface area contributed by atoms with Crippen LogP contribution in [0.4, 0.5) is 0 Å². The maximum atomic E-state index is 12.1. The molecular weight excluding hydrogens is 248 g/mol. The Bertz CT molecular complexity index is 546. The van der Waals surface area contributed by atoms with Crippen LogP contribution in [0.5, 0.6) is 0 Å². The van der Waals surface area contributed by atoms with Crippen LogP contribution in [0.25, 0.3) is 0 Å². The van der Waals surface area contributed by atoms with E-state index in [9.17, 15) is 14.4 Å². The lowest BCUT2D eigenvalue weighted by Gasteiger charge is -2.26. The standard InChI is InChI=1S/C13H18N2O4/c1-13(2,8-7-11(17)18)14-12(19)9-5-4-6-10(16)15(9)3/h4-6H,7-8H2,1-3H3,(H,14,19)(H,17,18). The normalized spacial score (nSPS) is 11.1. The number of carbonyl (C=O) groups excluding carboxylic acids is 1. The molecule has 0 saturated heterocycles. The first-order valence-electron chi connectivity index (χ1n) is 5.93. The van der Waals surface area contributed by atoms with Crippen molar-refractivity contribution in [1.29, 1.82) is 0 Å². The molecular formula is C13H18N2O4. The van der Waals surface area contributed by atoms with E-state index in [0.717, 1.165) is 0 Å². The summed E-state index contributed by atoms with van der Waals surface area (Å²) in [5.41, 5.74) is -0.673. The highest BCUT2D eigenvalue weighted by Gasteiger charge is 2.23. The Hall–Kier alpha value is -2.11. The molecule has 0 atom stereocenters. The van der Waals surface area contributed by atoms with Crippen LogP contribution in [0.2, 0.25) is 0 Å². The Morgan fingerprint density at radius 1 is 1.37 bits per heavy atom. The summed E-state index contributed by atoms with van der Waals surface area (Å²) in [4.78, 5) is 34.0. The number of rotatable bonds is 5. The van der Waals surface area contributed by atoms with Gasteiger partial charge in [-0.3, -0.25) is 14.4 Å². The van der Waals surface area contributed by atoms with Gasteiger partial charge in [-0.05, 0) is 26.3 Å².